The molecule has 3 nitrogen and oxygen atoms in total. The van der Waals surface area contributed by atoms with Gasteiger partial charge in [0.2, 0.25) is 0 Å². The Hall–Kier alpha value is -7.56. The van der Waals surface area contributed by atoms with Crippen LogP contribution in [0.1, 0.15) is 90.0 Å². The predicted molar refractivity (Wildman–Crippen MR) is 289 cm³/mol. The third-order valence-electron chi connectivity index (χ3n) is 15.2. The molecule has 328 valence electrons. The van der Waals surface area contributed by atoms with Crippen molar-refractivity contribution in [1.82, 2.24) is 0 Å². The maximum Gasteiger partial charge on any atom is 0.252 e. The molecule has 0 N–H and O–H groups in total. The summed E-state index contributed by atoms with van der Waals surface area (Å²) < 4.78 is 89.7. The molecule has 2 heterocycles. The molecule has 13 rings (SSSR count). The number of hydrogen-bond donors (Lipinski definition) is 0. The zero-order valence-corrected chi connectivity index (χ0v) is 39.2. The van der Waals surface area contributed by atoms with Crippen LogP contribution in [0, 0.1) is 0 Å². The van der Waals surface area contributed by atoms with Crippen molar-refractivity contribution in [2.24, 2.45) is 0 Å². The Bertz CT molecular complexity index is 4020. The highest BCUT2D eigenvalue weighted by molar-refractivity contribution is 7.00. The number of para-hydroxylation sites is 2. The zero-order chi connectivity index (χ0) is 55.0. The summed E-state index contributed by atoms with van der Waals surface area (Å²) >= 11 is 0. The summed E-state index contributed by atoms with van der Waals surface area (Å²) in [7, 11) is 0. The first kappa shape index (κ1) is 31.4. The van der Waals surface area contributed by atoms with E-state index < -0.39 is 60.4 Å². The fourth-order valence-corrected chi connectivity index (χ4v) is 11.8. The first-order valence-electron chi connectivity index (χ1n) is 28.5. The summed E-state index contributed by atoms with van der Waals surface area (Å²) in [6, 6.07) is 43.5. The molecule has 2 aliphatic carbocycles. The van der Waals surface area contributed by atoms with Crippen molar-refractivity contribution >= 4 is 74.3 Å². The van der Waals surface area contributed by atoms with E-state index in [1.165, 1.54) is 38.3 Å². The average Bonchev–Trinajstić information content (AvgIpc) is 3.81. The molecule has 0 saturated carbocycles. The summed E-state index contributed by atoms with van der Waals surface area (Å²) in [6.07, 6.45) is 0. The number of anilines is 9. The summed E-state index contributed by atoms with van der Waals surface area (Å²) in [6.45, 7) is 15.4. The monoisotopic (exact) mass is 886 g/mol. The minimum Gasteiger partial charge on any atom is -0.311 e. The van der Waals surface area contributed by atoms with E-state index >= 15 is 0 Å². The summed E-state index contributed by atoms with van der Waals surface area (Å²) in [5.74, 6) is 0. The smallest absolute Gasteiger partial charge is 0.252 e. The molecule has 0 bridgehead atoms. The van der Waals surface area contributed by atoms with Crippen molar-refractivity contribution in [2.75, 3.05) is 14.7 Å². The highest BCUT2D eigenvalue weighted by Gasteiger charge is 2.45. The van der Waals surface area contributed by atoms with Crippen LogP contribution < -0.4 is 31.1 Å². The van der Waals surface area contributed by atoms with Crippen LogP contribution >= 0.6 is 0 Å². The fraction of sp³-hybridized carbons (Fsp3) is 0.156. The molecule has 0 fully saturated rings. The van der Waals surface area contributed by atoms with Crippen molar-refractivity contribution in [3.63, 3.8) is 0 Å². The zero-order valence-electron chi connectivity index (χ0n) is 49.2. The van der Waals surface area contributed by atoms with Gasteiger partial charge in [-0.2, -0.15) is 0 Å². The number of benzene rings is 9. The number of nitrogens with zero attached hydrogens (tertiary/aromatic N) is 3. The van der Waals surface area contributed by atoms with Crippen molar-refractivity contribution in [1.29, 1.82) is 0 Å². The van der Waals surface area contributed by atoms with Gasteiger partial charge in [0.15, 0.2) is 0 Å². The second kappa shape index (κ2) is 14.5. The molecule has 9 aromatic rings. The van der Waals surface area contributed by atoms with Gasteiger partial charge in [0.25, 0.3) is 6.71 Å². The van der Waals surface area contributed by atoms with E-state index in [0.29, 0.717) is 5.69 Å². The Morgan fingerprint density at radius 3 is 1.50 bits per heavy atom. The van der Waals surface area contributed by atoms with Gasteiger partial charge in [-0.25, -0.2) is 0 Å². The van der Waals surface area contributed by atoms with Crippen LogP contribution in [-0.4, -0.2) is 6.71 Å². The molecule has 4 heteroatoms. The molecular weight excluding hydrogens is 822 g/mol. The second-order valence-electron chi connectivity index (χ2n) is 20.7. The molecule has 0 aromatic heterocycles. The standard InChI is InChI=1S/C64H54BN3/c1-62(2,3)41-29-36-57-56(37-41)65-55-35-32-46(66(42-19-10-8-11-20-42)43-21-12-9-13-22-43)40-60(55)68(45-31-34-50-48-24-15-17-26-52(48)64(6,7)54(50)39-45)59-28-18-27-58(61(59)65)67(57)44-30-33-49-47-23-14-16-25-51(47)63(4,5)53(49)38-44/h8-40H,1-7H3/i8D,9D,10D,11D,12D,13D,19D,20D,21D,22D. The molecule has 4 aliphatic rings. The van der Waals surface area contributed by atoms with Crippen LogP contribution in [0.25, 0.3) is 22.3 Å². The van der Waals surface area contributed by atoms with Crippen molar-refractivity contribution in [2.45, 2.75) is 64.7 Å². The number of hydrogen-bond acceptors (Lipinski definition) is 3. The molecular formula is C64H54BN3. The lowest BCUT2D eigenvalue weighted by molar-refractivity contribution is 0.591. The Kier molecular flexibility index (Phi) is 6.69. The SMILES string of the molecule is [2H]c1c([2H])c([2H])c(N(c2ccc3c(c2)N(c2ccc4c(c2)C(C)(C)c2ccccc2-4)c2cccc4c2B3c2cc(C(C)(C)C)ccc2N4c2ccc3c(c2)C(C)(C)c2ccccc2-3)c2c([2H])c([2H])c([2H])c([2H])c2[2H])c([2H])c1[2H]. The van der Waals surface area contributed by atoms with E-state index in [-0.39, 0.29) is 40.0 Å². The number of fused-ring (bicyclic) bond motifs is 10. The van der Waals surface area contributed by atoms with Crippen LogP contribution in [0.2, 0.25) is 0 Å². The lowest BCUT2D eigenvalue weighted by Gasteiger charge is -2.45. The third kappa shape index (κ3) is 5.79. The van der Waals surface area contributed by atoms with Crippen LogP contribution in [-0.2, 0) is 16.2 Å². The summed E-state index contributed by atoms with van der Waals surface area (Å²) in [4.78, 5) is 5.92. The summed E-state index contributed by atoms with van der Waals surface area (Å²) in [5, 5.41) is 0. The topological polar surface area (TPSA) is 9.72 Å². The molecule has 68 heavy (non-hydrogen) atoms. The van der Waals surface area contributed by atoms with Crippen LogP contribution in [0.4, 0.5) is 51.2 Å². The van der Waals surface area contributed by atoms with E-state index in [0.717, 1.165) is 61.5 Å². The molecule has 0 saturated heterocycles. The molecule has 0 spiro atoms. The molecule has 9 aromatic carbocycles. The van der Waals surface area contributed by atoms with Gasteiger partial charge < -0.3 is 14.7 Å². The van der Waals surface area contributed by atoms with E-state index in [9.17, 15) is 5.48 Å². The highest BCUT2D eigenvalue weighted by atomic mass is 15.2. The van der Waals surface area contributed by atoms with Gasteiger partial charge >= 0.3 is 0 Å². The maximum atomic E-state index is 9.33. The van der Waals surface area contributed by atoms with Crippen molar-refractivity contribution in [3.05, 3.63) is 228 Å². The van der Waals surface area contributed by atoms with Crippen molar-refractivity contribution in [3.8, 4) is 22.3 Å². The van der Waals surface area contributed by atoms with Gasteiger partial charge in [-0.05, 0) is 151 Å². The van der Waals surface area contributed by atoms with Gasteiger partial charge in [0.05, 0.1) is 13.7 Å². The lowest BCUT2D eigenvalue weighted by atomic mass is 9.33. The molecule has 2 aliphatic heterocycles. The third-order valence-corrected chi connectivity index (χ3v) is 15.2. The van der Waals surface area contributed by atoms with Crippen LogP contribution in [0.5, 0.6) is 0 Å². The second-order valence-corrected chi connectivity index (χ2v) is 20.7. The lowest BCUT2D eigenvalue weighted by Crippen LogP contribution is -2.61. The summed E-state index contributed by atoms with van der Waals surface area (Å²) in [5.41, 5.74) is 18.2. The van der Waals surface area contributed by atoms with Crippen LogP contribution in [0.15, 0.2) is 200 Å². The minimum atomic E-state index is -0.624. The molecule has 0 unspecified atom stereocenters. The number of rotatable bonds is 5. The van der Waals surface area contributed by atoms with Gasteiger partial charge in [0, 0.05) is 62.0 Å². The average molecular weight is 886 g/mol. The Balaban J connectivity index is 1.12. The van der Waals surface area contributed by atoms with E-state index in [1.807, 2.05) is 12.1 Å². The largest absolute Gasteiger partial charge is 0.311 e. The van der Waals surface area contributed by atoms with Gasteiger partial charge in [-0.1, -0.05) is 170 Å². The van der Waals surface area contributed by atoms with E-state index in [2.05, 4.69) is 180 Å². The first-order valence-corrected chi connectivity index (χ1v) is 23.5. The van der Waals surface area contributed by atoms with Gasteiger partial charge in [-0.15, -0.1) is 0 Å². The minimum absolute atomic E-state index is 0.223. The van der Waals surface area contributed by atoms with E-state index in [1.54, 1.807) is 6.07 Å². The predicted octanol–water partition coefficient (Wildman–Crippen LogP) is 15.1. The molecule has 0 amide bonds. The first-order chi connectivity index (χ1) is 37.0. The Morgan fingerprint density at radius 2 is 0.956 bits per heavy atom. The normalized spacial score (nSPS) is 17.2. The molecule has 0 radical (unpaired) electrons. The van der Waals surface area contributed by atoms with Crippen LogP contribution in [0.3, 0.4) is 0 Å². The van der Waals surface area contributed by atoms with Crippen molar-refractivity contribution < 1.29 is 13.7 Å². The fourth-order valence-electron chi connectivity index (χ4n) is 11.8. The van der Waals surface area contributed by atoms with E-state index in [4.69, 9.17) is 8.22 Å². The molecule has 0 atom stereocenters. The van der Waals surface area contributed by atoms with Gasteiger partial charge in [0.1, 0.15) is 0 Å². The quantitative estimate of drug-likeness (QED) is 0.159. The van der Waals surface area contributed by atoms with Gasteiger partial charge in [-0.3, -0.25) is 0 Å². The Labute approximate surface area is 416 Å². The Morgan fingerprint density at radius 1 is 0.441 bits per heavy atom. The maximum absolute atomic E-state index is 9.33. The highest BCUT2D eigenvalue weighted by Crippen LogP contribution is 2.54.